The van der Waals surface area contributed by atoms with Crippen LogP contribution >= 0.6 is 0 Å². The molecule has 0 heterocycles. The van der Waals surface area contributed by atoms with E-state index in [1.807, 2.05) is 127 Å². The van der Waals surface area contributed by atoms with E-state index in [1.165, 1.54) is 24.3 Å². The molecule has 0 fully saturated rings. The summed E-state index contributed by atoms with van der Waals surface area (Å²) in [6, 6.07) is 56.5. The lowest BCUT2D eigenvalue weighted by atomic mass is 9.81. The molecule has 0 saturated carbocycles. The summed E-state index contributed by atoms with van der Waals surface area (Å²) in [5.74, 6) is -0.144. The largest absolute Gasteiger partial charge is 0.508 e. The summed E-state index contributed by atoms with van der Waals surface area (Å²) in [5, 5.41) is 37.0. The van der Waals surface area contributed by atoms with E-state index in [4.69, 9.17) is 51.0 Å². The number of hydrogen-bond donors (Lipinski definition) is 12. The number of nitrogens with two attached hydrogens (primary N) is 8. The summed E-state index contributed by atoms with van der Waals surface area (Å²) in [6.45, 7) is 0. The molecule has 0 bridgehead atoms. The first-order valence-electron chi connectivity index (χ1n) is 21.6. The van der Waals surface area contributed by atoms with Crippen LogP contribution in [0.25, 0.3) is 32.3 Å². The van der Waals surface area contributed by atoms with Gasteiger partial charge in [-0.1, -0.05) is 91.0 Å². The van der Waals surface area contributed by atoms with Crippen LogP contribution < -0.4 is 51.2 Å². The molecule has 0 saturated heterocycles. The molecule has 20 N–H and O–H groups in total. The highest BCUT2D eigenvalue weighted by Crippen LogP contribution is 2.39. The Hall–Kier alpha value is -10.1. The monoisotopic (exact) mass is 929 g/mol. The van der Waals surface area contributed by atoms with Crippen LogP contribution in [0.4, 0.5) is 56.9 Å². The number of aromatic hydroxyl groups is 3. The first-order valence-corrected chi connectivity index (χ1v) is 21.6. The lowest BCUT2D eigenvalue weighted by molar-refractivity contribution is 0.0981. The lowest BCUT2D eigenvalue weighted by Gasteiger charge is -2.22. The zero-order chi connectivity index (χ0) is 50.1. The van der Waals surface area contributed by atoms with E-state index in [0.717, 1.165) is 55.1 Å². The van der Waals surface area contributed by atoms with Crippen molar-refractivity contribution in [1.29, 1.82) is 0 Å². The predicted molar refractivity (Wildman–Crippen MR) is 288 cm³/mol. The Morgan fingerprint density at radius 3 is 1.39 bits per heavy atom. The average Bonchev–Trinajstić information content (AvgIpc) is 3.35. The highest BCUT2D eigenvalue weighted by atomic mass is 16.3. The second-order valence-electron chi connectivity index (χ2n) is 16.0. The molecule has 0 aromatic heterocycles. The van der Waals surface area contributed by atoms with Crippen molar-refractivity contribution in [2.75, 3.05) is 51.2 Å². The topological polar surface area (TPSA) is 315 Å². The van der Waals surface area contributed by atoms with Gasteiger partial charge in [0.2, 0.25) is 0 Å². The van der Waals surface area contributed by atoms with Gasteiger partial charge in [-0.25, -0.2) is 0 Å². The zero-order valence-corrected chi connectivity index (χ0v) is 37.7. The molecular weight excluding hydrogens is 879 g/mol. The second-order valence-corrected chi connectivity index (χ2v) is 16.0. The molecular formula is C56H51N9O5. The first kappa shape index (κ1) is 47.9. The van der Waals surface area contributed by atoms with E-state index >= 15 is 0 Å². The summed E-state index contributed by atoms with van der Waals surface area (Å²) in [7, 11) is 0. The number of para-hydroxylation sites is 3. The van der Waals surface area contributed by atoms with Crippen molar-refractivity contribution in [3.63, 3.8) is 0 Å². The number of phenolic OH excluding ortho intramolecular Hbond substituents is 3. The van der Waals surface area contributed by atoms with Gasteiger partial charge in [-0.05, 0) is 119 Å². The summed E-state index contributed by atoms with van der Waals surface area (Å²) in [4.78, 5) is 25.2. The third-order valence-corrected chi connectivity index (χ3v) is 11.1. The number of nitrogens with one attached hydrogen (secondary N) is 1. The molecule has 14 heteroatoms. The van der Waals surface area contributed by atoms with Gasteiger partial charge in [0.15, 0.2) is 11.6 Å². The van der Waals surface area contributed by atoms with Gasteiger partial charge in [0.05, 0.1) is 39.3 Å². The Balaban J connectivity index is 0.000000131. The van der Waals surface area contributed by atoms with Gasteiger partial charge in [0.1, 0.15) is 17.2 Å². The van der Waals surface area contributed by atoms with Crippen molar-refractivity contribution < 1.29 is 24.9 Å². The summed E-state index contributed by atoms with van der Waals surface area (Å²) < 4.78 is 0. The van der Waals surface area contributed by atoms with Gasteiger partial charge in [-0.15, -0.1) is 0 Å². The van der Waals surface area contributed by atoms with Crippen LogP contribution in [0.2, 0.25) is 0 Å². The number of rotatable bonds is 2. The number of nitrogen functional groups attached to an aromatic ring is 8. The number of fused-ring (bicyclic) bond motifs is 5. The van der Waals surface area contributed by atoms with E-state index in [9.17, 15) is 19.8 Å². The fraction of sp³-hybridized carbons (Fsp3) is 0. The van der Waals surface area contributed by atoms with E-state index < -0.39 is 11.6 Å². The summed E-state index contributed by atoms with van der Waals surface area (Å²) in [5.41, 5.74) is 51.7. The number of carbonyl (C=O) groups excluding carboxylic acids is 2. The fourth-order valence-electron chi connectivity index (χ4n) is 7.60. The molecule has 0 spiro atoms. The number of ketones is 2. The van der Waals surface area contributed by atoms with Crippen LogP contribution in [0.3, 0.4) is 0 Å². The third kappa shape index (κ3) is 10.8. The quantitative estimate of drug-likeness (QED) is 0.0567. The van der Waals surface area contributed by atoms with Crippen LogP contribution in [0, 0.1) is 0 Å². The number of anilines is 10. The summed E-state index contributed by atoms with van der Waals surface area (Å²) in [6.07, 6.45) is 0. The lowest BCUT2D eigenvalue weighted by Crippen LogP contribution is -2.26. The standard InChI is InChI=1S/C14H12N4O2.C12H12N2.3C10H9NO/c15-5-1-2-6(16)10-9(5)13(19)11-7(17)3-4-8(18)12(11)14(10)20;13-11-8-4-5-9-12(11)14-10-6-2-1-3-7-10;11-9-5-1-4-8-7(9)3-2-6-10(8)12;11-9-3-1-8-6-10(12)4-2-7(8)5-9;11-9-5-7-3-1-2-4-8(7)6-10(9)12/h1-4H,15-18H2;1-9,14H,13H2;3*1-6,12H,11H2. The van der Waals surface area contributed by atoms with E-state index in [1.54, 1.807) is 36.4 Å². The molecule has 14 nitrogen and oxygen atoms in total. The van der Waals surface area contributed by atoms with Crippen molar-refractivity contribution >= 4 is 101 Å². The van der Waals surface area contributed by atoms with Crippen LogP contribution in [-0.2, 0) is 0 Å². The van der Waals surface area contributed by atoms with Crippen molar-refractivity contribution in [2.45, 2.75) is 0 Å². The maximum absolute atomic E-state index is 12.6. The van der Waals surface area contributed by atoms with Gasteiger partial charge in [0.25, 0.3) is 0 Å². The molecule has 0 aliphatic heterocycles. The minimum atomic E-state index is -0.427. The normalized spacial score (nSPS) is 11.0. The Morgan fingerprint density at radius 1 is 0.329 bits per heavy atom. The number of phenols is 3. The van der Waals surface area contributed by atoms with Gasteiger partial charge in [-0.3, -0.25) is 9.59 Å². The van der Waals surface area contributed by atoms with Crippen LogP contribution in [0.1, 0.15) is 31.8 Å². The minimum Gasteiger partial charge on any atom is -0.508 e. The Bertz CT molecular complexity index is 3300. The first-order chi connectivity index (χ1) is 33.6. The minimum absolute atomic E-state index is 0.0970. The molecule has 70 heavy (non-hydrogen) atoms. The molecule has 350 valence electrons. The van der Waals surface area contributed by atoms with Gasteiger partial charge >= 0.3 is 0 Å². The predicted octanol–water partition coefficient (Wildman–Crippen LogP) is 10.2. The smallest absolute Gasteiger partial charge is 0.198 e. The third-order valence-electron chi connectivity index (χ3n) is 11.1. The van der Waals surface area contributed by atoms with E-state index in [0.29, 0.717) is 11.4 Å². The molecule has 0 unspecified atom stereocenters. The molecule has 10 aromatic rings. The SMILES string of the molecule is Nc1cc2ccccc2cc1O.Nc1ccc(N)c2c1C(=O)c1c(N)ccc(N)c1C2=O.Nc1ccc2cc(O)ccc2c1.Nc1cccc2c(O)cccc12.Nc1ccccc1Nc1ccccc1. The highest BCUT2D eigenvalue weighted by Gasteiger charge is 2.35. The summed E-state index contributed by atoms with van der Waals surface area (Å²) >= 11 is 0. The molecule has 0 radical (unpaired) electrons. The van der Waals surface area contributed by atoms with Crippen LogP contribution in [0.15, 0.2) is 188 Å². The highest BCUT2D eigenvalue weighted by molar-refractivity contribution is 6.34. The maximum Gasteiger partial charge on any atom is 0.198 e. The number of benzene rings is 10. The molecule has 1 aliphatic rings. The Labute approximate surface area is 403 Å². The molecule has 0 amide bonds. The average molecular weight is 930 g/mol. The van der Waals surface area contributed by atoms with E-state index in [-0.39, 0.29) is 62.3 Å². The van der Waals surface area contributed by atoms with E-state index in [2.05, 4.69) is 5.32 Å². The second kappa shape index (κ2) is 21.0. The molecule has 11 rings (SSSR count). The zero-order valence-electron chi connectivity index (χ0n) is 37.7. The van der Waals surface area contributed by atoms with Gasteiger partial charge in [0, 0.05) is 50.6 Å². The van der Waals surface area contributed by atoms with Crippen LogP contribution in [-0.4, -0.2) is 26.9 Å². The van der Waals surface area contributed by atoms with Crippen LogP contribution in [0.5, 0.6) is 17.2 Å². The number of hydrogen-bond acceptors (Lipinski definition) is 14. The van der Waals surface area contributed by atoms with Gasteiger partial charge in [-0.2, -0.15) is 0 Å². The maximum atomic E-state index is 12.6. The Kier molecular flexibility index (Phi) is 14.4. The fourth-order valence-corrected chi connectivity index (χ4v) is 7.60. The van der Waals surface area contributed by atoms with Gasteiger partial charge < -0.3 is 66.5 Å². The molecule has 1 aliphatic carbocycles. The van der Waals surface area contributed by atoms with Crippen molar-refractivity contribution in [3.05, 3.63) is 210 Å². The molecule has 0 atom stereocenters. The molecule has 10 aromatic carbocycles. The number of carbonyl (C=O) groups is 2. The van der Waals surface area contributed by atoms with Crippen molar-refractivity contribution in [2.24, 2.45) is 0 Å². The van der Waals surface area contributed by atoms with Crippen molar-refractivity contribution in [3.8, 4) is 17.2 Å². The van der Waals surface area contributed by atoms with Crippen molar-refractivity contribution in [1.82, 2.24) is 0 Å². The Morgan fingerprint density at radius 2 is 0.800 bits per heavy atom.